The van der Waals surface area contributed by atoms with E-state index in [1.807, 2.05) is 0 Å². The molecule has 0 bridgehead atoms. The molecule has 1 aromatic carbocycles. The number of benzene rings is 1. The highest BCUT2D eigenvalue weighted by molar-refractivity contribution is 14.1. The lowest BCUT2D eigenvalue weighted by molar-refractivity contribution is 0.528. The van der Waals surface area contributed by atoms with Crippen molar-refractivity contribution >= 4 is 44.2 Å². The van der Waals surface area contributed by atoms with Crippen LogP contribution in [0, 0.1) is 9.49 Å². The van der Waals surface area contributed by atoms with E-state index < -0.39 is 0 Å². The van der Waals surface area contributed by atoms with Gasteiger partial charge in [0.2, 0.25) is 0 Å². The average Bonchev–Trinajstić information content (AvgIpc) is 2.78. The van der Waals surface area contributed by atoms with Crippen molar-refractivity contribution in [3.05, 3.63) is 26.2 Å². The van der Waals surface area contributed by atoms with Gasteiger partial charge in [-0.05, 0) is 82.1 Å². The van der Waals surface area contributed by atoms with Crippen LogP contribution in [0.5, 0.6) is 0 Å². The molecule has 1 N–H and O–H groups in total. The van der Waals surface area contributed by atoms with Crippen molar-refractivity contribution in [3.63, 3.8) is 0 Å². The Labute approximate surface area is 125 Å². The minimum Gasteiger partial charge on any atom is -0.370 e. The first-order chi connectivity index (χ1) is 8.20. The third-order valence-electron chi connectivity index (χ3n) is 3.22. The van der Waals surface area contributed by atoms with Crippen LogP contribution in [0.25, 0.3) is 0 Å². The topological polar surface area (TPSA) is 15.3 Å². The smallest absolute Gasteiger partial charge is 0.0521 e. The van der Waals surface area contributed by atoms with Crippen LogP contribution < -0.4 is 10.2 Å². The molecule has 2 rings (SSSR count). The van der Waals surface area contributed by atoms with Gasteiger partial charge in [0.25, 0.3) is 0 Å². The summed E-state index contributed by atoms with van der Waals surface area (Å²) >= 11 is 6.03. The number of anilines is 1. The first-order valence-electron chi connectivity index (χ1n) is 6.11. The second-order valence-corrected chi connectivity index (χ2v) is 6.60. The minimum absolute atomic E-state index is 0.791. The SMILES string of the molecule is CCNCC1CCN(c2cc(I)ccc2Br)C1. The minimum atomic E-state index is 0.791. The van der Waals surface area contributed by atoms with Crippen LogP contribution in [0.1, 0.15) is 13.3 Å². The van der Waals surface area contributed by atoms with Gasteiger partial charge in [-0.15, -0.1) is 0 Å². The van der Waals surface area contributed by atoms with Crippen molar-refractivity contribution in [1.82, 2.24) is 5.32 Å². The summed E-state index contributed by atoms with van der Waals surface area (Å²) < 4.78 is 2.51. The maximum atomic E-state index is 3.65. The Morgan fingerprint density at radius 1 is 1.53 bits per heavy atom. The fraction of sp³-hybridized carbons (Fsp3) is 0.538. The molecule has 4 heteroatoms. The molecule has 0 radical (unpaired) electrons. The van der Waals surface area contributed by atoms with Crippen LogP contribution >= 0.6 is 38.5 Å². The predicted molar refractivity (Wildman–Crippen MR) is 85.7 cm³/mol. The van der Waals surface area contributed by atoms with E-state index in [0.717, 1.165) is 19.0 Å². The maximum absolute atomic E-state index is 3.65. The van der Waals surface area contributed by atoms with E-state index in [4.69, 9.17) is 0 Å². The second kappa shape index (κ2) is 6.38. The Kier molecular flexibility index (Phi) is 5.11. The fourth-order valence-corrected chi connectivity index (χ4v) is 3.27. The second-order valence-electron chi connectivity index (χ2n) is 4.50. The standard InChI is InChI=1S/C13H18BrIN2/c1-2-16-8-10-5-6-17(9-10)13-7-11(15)3-4-12(13)14/h3-4,7,10,16H,2,5-6,8-9H2,1H3. The molecule has 17 heavy (non-hydrogen) atoms. The normalized spacial score (nSPS) is 19.9. The lowest BCUT2D eigenvalue weighted by atomic mass is 10.1. The van der Waals surface area contributed by atoms with Crippen LogP contribution in [-0.2, 0) is 0 Å². The molecule has 1 aliphatic heterocycles. The van der Waals surface area contributed by atoms with E-state index in [9.17, 15) is 0 Å². The van der Waals surface area contributed by atoms with E-state index in [2.05, 4.69) is 73.9 Å². The van der Waals surface area contributed by atoms with Crippen LogP contribution in [0.4, 0.5) is 5.69 Å². The van der Waals surface area contributed by atoms with Gasteiger partial charge in [0.15, 0.2) is 0 Å². The van der Waals surface area contributed by atoms with E-state index in [-0.39, 0.29) is 0 Å². The van der Waals surface area contributed by atoms with Gasteiger partial charge in [-0.25, -0.2) is 0 Å². The zero-order valence-corrected chi connectivity index (χ0v) is 13.8. The predicted octanol–water partition coefficient (Wildman–Crippen LogP) is 3.49. The molecule has 2 nitrogen and oxygen atoms in total. The number of halogens is 2. The van der Waals surface area contributed by atoms with Gasteiger partial charge in [0, 0.05) is 21.1 Å². The molecule has 1 aliphatic rings. The van der Waals surface area contributed by atoms with Crippen LogP contribution in [-0.4, -0.2) is 26.2 Å². The number of nitrogens with one attached hydrogen (secondary N) is 1. The molecule has 0 amide bonds. The molecule has 0 saturated carbocycles. The summed E-state index contributed by atoms with van der Waals surface area (Å²) in [4.78, 5) is 2.49. The highest BCUT2D eigenvalue weighted by Gasteiger charge is 2.23. The summed E-state index contributed by atoms with van der Waals surface area (Å²) in [6, 6.07) is 6.55. The Balaban J connectivity index is 2.02. The van der Waals surface area contributed by atoms with E-state index in [1.165, 1.54) is 33.2 Å². The monoisotopic (exact) mass is 408 g/mol. The molecular formula is C13H18BrIN2. The lowest BCUT2D eigenvalue weighted by Gasteiger charge is -2.20. The summed E-state index contributed by atoms with van der Waals surface area (Å²) in [5, 5.41) is 3.45. The highest BCUT2D eigenvalue weighted by Crippen LogP contribution is 2.31. The molecule has 1 saturated heterocycles. The third kappa shape index (κ3) is 3.58. The van der Waals surface area contributed by atoms with Crippen molar-refractivity contribution < 1.29 is 0 Å². The summed E-state index contributed by atoms with van der Waals surface area (Å²) in [6.45, 7) is 6.74. The molecule has 1 atom stereocenters. The van der Waals surface area contributed by atoms with Crippen LogP contribution in [0.3, 0.4) is 0 Å². The van der Waals surface area contributed by atoms with Crippen LogP contribution in [0.15, 0.2) is 22.7 Å². The van der Waals surface area contributed by atoms with Crippen molar-refractivity contribution in [2.45, 2.75) is 13.3 Å². The Hall–Kier alpha value is 0.190. The summed E-state index contributed by atoms with van der Waals surface area (Å²) in [6.07, 6.45) is 1.30. The average molecular weight is 409 g/mol. The summed E-state index contributed by atoms with van der Waals surface area (Å²) in [5.41, 5.74) is 1.34. The molecule has 1 heterocycles. The van der Waals surface area contributed by atoms with E-state index in [1.54, 1.807) is 0 Å². The Bertz CT molecular complexity index is 384. The van der Waals surface area contributed by atoms with E-state index in [0.29, 0.717) is 0 Å². The van der Waals surface area contributed by atoms with Crippen molar-refractivity contribution in [3.8, 4) is 0 Å². The molecule has 0 aromatic heterocycles. The zero-order chi connectivity index (χ0) is 12.3. The molecular weight excluding hydrogens is 391 g/mol. The lowest BCUT2D eigenvalue weighted by Crippen LogP contribution is -2.26. The maximum Gasteiger partial charge on any atom is 0.0521 e. The van der Waals surface area contributed by atoms with Gasteiger partial charge < -0.3 is 10.2 Å². The van der Waals surface area contributed by atoms with Gasteiger partial charge in [-0.2, -0.15) is 0 Å². The largest absolute Gasteiger partial charge is 0.370 e. The first-order valence-corrected chi connectivity index (χ1v) is 7.98. The van der Waals surface area contributed by atoms with Crippen molar-refractivity contribution in [1.29, 1.82) is 0 Å². The summed E-state index contributed by atoms with van der Waals surface area (Å²) in [5.74, 6) is 0.791. The number of rotatable bonds is 4. The molecule has 0 spiro atoms. The van der Waals surface area contributed by atoms with Gasteiger partial charge in [0.05, 0.1) is 5.69 Å². The zero-order valence-electron chi connectivity index (χ0n) is 10.0. The fourth-order valence-electron chi connectivity index (χ4n) is 2.29. The highest BCUT2D eigenvalue weighted by atomic mass is 127. The number of nitrogens with zero attached hydrogens (tertiary/aromatic N) is 1. The molecule has 1 unspecified atom stereocenters. The summed E-state index contributed by atoms with van der Waals surface area (Å²) in [7, 11) is 0. The Morgan fingerprint density at radius 3 is 3.12 bits per heavy atom. The van der Waals surface area contributed by atoms with Crippen molar-refractivity contribution in [2.24, 2.45) is 5.92 Å². The molecule has 1 fully saturated rings. The Morgan fingerprint density at radius 2 is 2.35 bits per heavy atom. The van der Waals surface area contributed by atoms with Gasteiger partial charge in [0.1, 0.15) is 0 Å². The van der Waals surface area contributed by atoms with Gasteiger partial charge in [-0.1, -0.05) is 6.92 Å². The quantitative estimate of drug-likeness (QED) is 0.767. The van der Waals surface area contributed by atoms with Gasteiger partial charge in [-0.3, -0.25) is 0 Å². The molecule has 1 aromatic rings. The first kappa shape index (κ1) is 13.6. The molecule has 0 aliphatic carbocycles. The van der Waals surface area contributed by atoms with E-state index >= 15 is 0 Å². The molecule has 94 valence electrons. The van der Waals surface area contributed by atoms with Crippen molar-refractivity contribution in [2.75, 3.05) is 31.1 Å². The third-order valence-corrected chi connectivity index (χ3v) is 4.56. The number of hydrogen-bond acceptors (Lipinski definition) is 2. The van der Waals surface area contributed by atoms with Crippen LogP contribution in [0.2, 0.25) is 0 Å². The van der Waals surface area contributed by atoms with Gasteiger partial charge >= 0.3 is 0 Å². The number of hydrogen-bond donors (Lipinski definition) is 1.